The van der Waals surface area contributed by atoms with Gasteiger partial charge in [0.15, 0.2) is 0 Å². The number of hydrogen-bond donors (Lipinski definition) is 3. The molecule has 0 amide bonds. The van der Waals surface area contributed by atoms with Crippen molar-refractivity contribution in [3.8, 4) is 0 Å². The normalized spacial score (nSPS) is 15.3. The molecule has 21 heavy (non-hydrogen) atoms. The fraction of sp³-hybridized carbons (Fsp3) is 0.786. The first-order chi connectivity index (χ1) is 10.0. The predicted molar refractivity (Wildman–Crippen MR) is 84.8 cm³/mol. The molecule has 0 bridgehead atoms. The van der Waals surface area contributed by atoms with Crippen molar-refractivity contribution < 1.29 is 5.11 Å². The van der Waals surface area contributed by atoms with Crippen LogP contribution in [-0.2, 0) is 0 Å². The lowest BCUT2D eigenvalue weighted by Crippen LogP contribution is -2.33. The SMILES string of the molecule is CCNc1nc(NC(C)(C)CCO)nc(N2CCCC2)n1. The summed E-state index contributed by atoms with van der Waals surface area (Å²) in [6.07, 6.45) is 3.00. The molecule has 1 fully saturated rings. The van der Waals surface area contributed by atoms with Gasteiger partial charge in [0, 0.05) is 31.8 Å². The third-order valence-electron chi connectivity index (χ3n) is 3.53. The average Bonchev–Trinajstić information content (AvgIpc) is 2.91. The molecule has 2 heterocycles. The lowest BCUT2D eigenvalue weighted by Gasteiger charge is -2.26. The van der Waals surface area contributed by atoms with E-state index in [9.17, 15) is 0 Å². The van der Waals surface area contributed by atoms with Gasteiger partial charge >= 0.3 is 0 Å². The summed E-state index contributed by atoms with van der Waals surface area (Å²) in [5.74, 6) is 1.87. The Hall–Kier alpha value is -1.63. The molecule has 0 aromatic carbocycles. The maximum absolute atomic E-state index is 9.13. The van der Waals surface area contributed by atoms with Crippen molar-refractivity contribution in [1.29, 1.82) is 0 Å². The Balaban J connectivity index is 2.22. The van der Waals surface area contributed by atoms with Gasteiger partial charge in [-0.25, -0.2) is 0 Å². The number of aromatic nitrogens is 3. The molecule has 118 valence electrons. The van der Waals surface area contributed by atoms with Gasteiger partial charge in [0.25, 0.3) is 0 Å². The van der Waals surface area contributed by atoms with Crippen LogP contribution in [0.3, 0.4) is 0 Å². The van der Waals surface area contributed by atoms with Crippen LogP contribution in [0.4, 0.5) is 17.8 Å². The molecule has 0 saturated carbocycles. The van der Waals surface area contributed by atoms with E-state index in [1.807, 2.05) is 20.8 Å². The fourth-order valence-electron chi connectivity index (χ4n) is 2.36. The van der Waals surface area contributed by atoms with Gasteiger partial charge in [-0.3, -0.25) is 0 Å². The van der Waals surface area contributed by atoms with E-state index in [1.54, 1.807) is 0 Å². The maximum atomic E-state index is 9.13. The van der Waals surface area contributed by atoms with Crippen molar-refractivity contribution in [3.63, 3.8) is 0 Å². The number of nitrogens with zero attached hydrogens (tertiary/aromatic N) is 4. The van der Waals surface area contributed by atoms with Crippen molar-refractivity contribution in [2.24, 2.45) is 0 Å². The average molecular weight is 294 g/mol. The number of aliphatic hydroxyl groups is 1. The van der Waals surface area contributed by atoms with Crippen LogP contribution in [0.2, 0.25) is 0 Å². The minimum atomic E-state index is -0.262. The summed E-state index contributed by atoms with van der Waals surface area (Å²) in [5.41, 5.74) is -0.262. The first-order valence-electron chi connectivity index (χ1n) is 7.68. The molecule has 1 aromatic rings. The molecule has 1 aliphatic rings. The van der Waals surface area contributed by atoms with E-state index in [0.717, 1.165) is 25.6 Å². The molecule has 0 atom stereocenters. The van der Waals surface area contributed by atoms with Gasteiger partial charge in [-0.15, -0.1) is 0 Å². The number of rotatable bonds is 7. The van der Waals surface area contributed by atoms with E-state index in [2.05, 4.69) is 30.5 Å². The molecule has 1 saturated heterocycles. The van der Waals surface area contributed by atoms with E-state index in [4.69, 9.17) is 5.11 Å². The van der Waals surface area contributed by atoms with Crippen LogP contribution in [0.5, 0.6) is 0 Å². The van der Waals surface area contributed by atoms with E-state index < -0.39 is 0 Å². The Kier molecular flexibility index (Phi) is 5.17. The smallest absolute Gasteiger partial charge is 0.231 e. The zero-order chi connectivity index (χ0) is 15.3. The second-order valence-corrected chi connectivity index (χ2v) is 5.99. The molecular formula is C14H26N6O. The van der Waals surface area contributed by atoms with Gasteiger partial charge < -0.3 is 20.6 Å². The van der Waals surface area contributed by atoms with Crippen molar-refractivity contribution >= 4 is 17.8 Å². The molecule has 1 aromatic heterocycles. The van der Waals surface area contributed by atoms with Gasteiger partial charge in [0.05, 0.1) is 0 Å². The third kappa shape index (κ3) is 4.42. The van der Waals surface area contributed by atoms with Crippen molar-refractivity contribution in [1.82, 2.24) is 15.0 Å². The van der Waals surface area contributed by atoms with Gasteiger partial charge in [-0.05, 0) is 40.0 Å². The van der Waals surface area contributed by atoms with Gasteiger partial charge in [-0.2, -0.15) is 15.0 Å². The quantitative estimate of drug-likeness (QED) is 0.702. The lowest BCUT2D eigenvalue weighted by atomic mass is 10.0. The summed E-state index contributed by atoms with van der Waals surface area (Å²) >= 11 is 0. The largest absolute Gasteiger partial charge is 0.396 e. The topological polar surface area (TPSA) is 86.2 Å². The second-order valence-electron chi connectivity index (χ2n) is 5.99. The van der Waals surface area contributed by atoms with Gasteiger partial charge in [0.2, 0.25) is 17.8 Å². The minimum Gasteiger partial charge on any atom is -0.396 e. The molecule has 3 N–H and O–H groups in total. The Morgan fingerprint density at radius 3 is 2.43 bits per heavy atom. The first-order valence-corrected chi connectivity index (χ1v) is 7.68. The van der Waals surface area contributed by atoms with Crippen molar-refractivity contribution in [2.45, 2.75) is 45.6 Å². The van der Waals surface area contributed by atoms with E-state index in [-0.39, 0.29) is 12.1 Å². The van der Waals surface area contributed by atoms with E-state index in [1.165, 1.54) is 12.8 Å². The summed E-state index contributed by atoms with van der Waals surface area (Å²) in [5, 5.41) is 15.6. The lowest BCUT2D eigenvalue weighted by molar-refractivity contribution is 0.260. The Morgan fingerprint density at radius 1 is 1.14 bits per heavy atom. The zero-order valence-electron chi connectivity index (χ0n) is 13.2. The van der Waals surface area contributed by atoms with Crippen LogP contribution in [0.1, 0.15) is 40.0 Å². The molecule has 2 rings (SSSR count). The Morgan fingerprint density at radius 2 is 1.81 bits per heavy atom. The molecular weight excluding hydrogens is 268 g/mol. The molecule has 0 aliphatic carbocycles. The molecule has 7 heteroatoms. The van der Waals surface area contributed by atoms with Crippen molar-refractivity contribution in [2.75, 3.05) is 41.8 Å². The summed E-state index contributed by atoms with van der Waals surface area (Å²) in [6, 6.07) is 0. The van der Waals surface area contributed by atoms with Gasteiger partial charge in [0.1, 0.15) is 0 Å². The second kappa shape index (κ2) is 6.89. The Labute approximate surface area is 126 Å². The number of hydrogen-bond acceptors (Lipinski definition) is 7. The van der Waals surface area contributed by atoms with Crippen LogP contribution < -0.4 is 15.5 Å². The van der Waals surface area contributed by atoms with Crippen molar-refractivity contribution in [3.05, 3.63) is 0 Å². The molecule has 0 radical (unpaired) electrons. The zero-order valence-corrected chi connectivity index (χ0v) is 13.2. The highest BCUT2D eigenvalue weighted by Gasteiger charge is 2.21. The van der Waals surface area contributed by atoms with E-state index in [0.29, 0.717) is 18.3 Å². The highest BCUT2D eigenvalue weighted by molar-refractivity contribution is 5.45. The van der Waals surface area contributed by atoms with Gasteiger partial charge in [-0.1, -0.05) is 0 Å². The summed E-state index contributed by atoms with van der Waals surface area (Å²) < 4.78 is 0. The van der Waals surface area contributed by atoms with Crippen LogP contribution in [0.25, 0.3) is 0 Å². The standard InChI is InChI=1S/C14H26N6O/c1-4-15-11-16-12(19-14(2,3)7-10-21)18-13(17-11)20-8-5-6-9-20/h21H,4-10H2,1-3H3,(H2,15,16,17,18,19). The molecule has 0 spiro atoms. The summed E-state index contributed by atoms with van der Waals surface area (Å²) in [7, 11) is 0. The van der Waals surface area contributed by atoms with Crippen LogP contribution >= 0.6 is 0 Å². The number of aliphatic hydroxyl groups excluding tert-OH is 1. The Bertz CT molecular complexity index is 459. The molecule has 1 aliphatic heterocycles. The summed E-state index contributed by atoms with van der Waals surface area (Å²) in [4.78, 5) is 15.6. The maximum Gasteiger partial charge on any atom is 0.231 e. The van der Waals surface area contributed by atoms with Crippen LogP contribution in [0, 0.1) is 0 Å². The highest BCUT2D eigenvalue weighted by Crippen LogP contribution is 2.21. The summed E-state index contributed by atoms with van der Waals surface area (Å²) in [6.45, 7) is 8.95. The highest BCUT2D eigenvalue weighted by atomic mass is 16.3. The number of anilines is 3. The molecule has 0 unspecified atom stereocenters. The minimum absolute atomic E-state index is 0.129. The third-order valence-corrected chi connectivity index (χ3v) is 3.53. The van der Waals surface area contributed by atoms with E-state index >= 15 is 0 Å². The predicted octanol–water partition coefficient (Wildman–Crippen LogP) is 1.48. The number of nitrogens with one attached hydrogen (secondary N) is 2. The fourth-order valence-corrected chi connectivity index (χ4v) is 2.36. The van der Waals surface area contributed by atoms with Crippen LogP contribution in [0.15, 0.2) is 0 Å². The molecule has 7 nitrogen and oxygen atoms in total. The first kappa shape index (κ1) is 15.8. The van der Waals surface area contributed by atoms with Crippen LogP contribution in [-0.4, -0.2) is 51.8 Å². The monoisotopic (exact) mass is 294 g/mol.